The van der Waals surface area contributed by atoms with E-state index in [9.17, 15) is 4.79 Å². The molecule has 1 atom stereocenters. The zero-order valence-corrected chi connectivity index (χ0v) is 8.69. The number of hydrogen-bond donors (Lipinski definition) is 2. The number of hydrogen-bond acceptors (Lipinski definition) is 2. The van der Waals surface area contributed by atoms with Crippen LogP contribution in [0.25, 0.3) is 0 Å². The fourth-order valence-electron chi connectivity index (χ4n) is 1.22. The molecule has 4 heteroatoms. The number of thiocarbonyl (C=S) groups is 1. The minimum absolute atomic E-state index is 0.0110. The van der Waals surface area contributed by atoms with Gasteiger partial charge < -0.3 is 11.1 Å². The summed E-state index contributed by atoms with van der Waals surface area (Å²) in [7, 11) is 0. The fraction of sp³-hybridized carbons (Fsp3) is 0.778. The van der Waals surface area contributed by atoms with E-state index in [1.54, 1.807) is 0 Å². The average molecular weight is 200 g/mol. The normalized spacial score (nSPS) is 17.9. The van der Waals surface area contributed by atoms with Gasteiger partial charge in [0.15, 0.2) is 0 Å². The first-order chi connectivity index (χ1) is 6.15. The molecule has 1 unspecified atom stereocenters. The van der Waals surface area contributed by atoms with Crippen LogP contribution in [-0.4, -0.2) is 16.9 Å². The summed E-state index contributed by atoms with van der Waals surface area (Å²) >= 11 is 4.85. The number of nitrogens with two attached hydrogens (primary N) is 1. The largest absolute Gasteiger partial charge is 0.393 e. The third-order valence-corrected chi connectivity index (χ3v) is 2.45. The Hall–Kier alpha value is -0.640. The van der Waals surface area contributed by atoms with Crippen LogP contribution in [0, 0.1) is 5.92 Å². The van der Waals surface area contributed by atoms with Crippen LogP contribution in [0.1, 0.15) is 32.6 Å². The van der Waals surface area contributed by atoms with Crippen molar-refractivity contribution in [2.45, 2.75) is 38.6 Å². The molecule has 0 radical (unpaired) electrons. The predicted octanol–water partition coefficient (Wildman–Crippen LogP) is 0.967. The molecule has 0 aliphatic heterocycles. The molecule has 0 saturated heterocycles. The Labute approximate surface area is 84.1 Å². The maximum atomic E-state index is 11.5. The number of carbonyl (C=O) groups is 1. The lowest BCUT2D eigenvalue weighted by atomic mass is 10.0. The van der Waals surface area contributed by atoms with E-state index in [0.717, 1.165) is 25.7 Å². The van der Waals surface area contributed by atoms with E-state index >= 15 is 0 Å². The predicted molar refractivity (Wildman–Crippen MR) is 56.3 cm³/mol. The molecule has 1 saturated carbocycles. The van der Waals surface area contributed by atoms with Gasteiger partial charge in [-0.1, -0.05) is 25.6 Å². The Kier molecular flexibility index (Phi) is 3.66. The van der Waals surface area contributed by atoms with Crippen LogP contribution in [0.5, 0.6) is 0 Å². The molecule has 3 N–H and O–H groups in total. The first-order valence-corrected chi connectivity index (χ1v) is 5.15. The van der Waals surface area contributed by atoms with Gasteiger partial charge in [-0.05, 0) is 19.3 Å². The van der Waals surface area contributed by atoms with Crippen molar-refractivity contribution in [1.29, 1.82) is 0 Å². The third kappa shape index (κ3) is 3.30. The quantitative estimate of drug-likeness (QED) is 0.650. The van der Waals surface area contributed by atoms with Gasteiger partial charge in [0.25, 0.3) is 0 Å². The Bertz CT molecular complexity index is 214. The standard InChI is InChI=1S/C9H16N2OS/c1-2-3-7(8(10)13)9(12)11-6-4-5-6/h6-7H,2-5H2,1H3,(H2,10,13)(H,11,12). The molecule has 1 rings (SSSR count). The summed E-state index contributed by atoms with van der Waals surface area (Å²) in [5, 5.41) is 2.91. The zero-order chi connectivity index (χ0) is 9.84. The van der Waals surface area contributed by atoms with Crippen molar-refractivity contribution in [3.63, 3.8) is 0 Å². The molecule has 1 aliphatic rings. The van der Waals surface area contributed by atoms with Crippen LogP contribution < -0.4 is 11.1 Å². The van der Waals surface area contributed by atoms with E-state index in [-0.39, 0.29) is 11.8 Å². The summed E-state index contributed by atoms with van der Waals surface area (Å²) in [6.45, 7) is 2.02. The molecule has 74 valence electrons. The van der Waals surface area contributed by atoms with Gasteiger partial charge in [0.1, 0.15) is 0 Å². The van der Waals surface area contributed by atoms with Crippen molar-refractivity contribution in [3.05, 3.63) is 0 Å². The lowest BCUT2D eigenvalue weighted by molar-refractivity contribution is -0.123. The van der Waals surface area contributed by atoms with Gasteiger partial charge in [-0.15, -0.1) is 0 Å². The highest BCUT2D eigenvalue weighted by Gasteiger charge is 2.28. The van der Waals surface area contributed by atoms with E-state index in [0.29, 0.717) is 11.0 Å². The van der Waals surface area contributed by atoms with Crippen molar-refractivity contribution in [2.24, 2.45) is 11.7 Å². The molecule has 3 nitrogen and oxygen atoms in total. The van der Waals surface area contributed by atoms with Crippen molar-refractivity contribution in [1.82, 2.24) is 5.32 Å². The minimum atomic E-state index is -0.263. The van der Waals surface area contributed by atoms with Gasteiger partial charge in [-0.2, -0.15) is 0 Å². The van der Waals surface area contributed by atoms with Crippen LogP contribution >= 0.6 is 12.2 Å². The second-order valence-electron chi connectivity index (χ2n) is 3.53. The molecule has 0 aromatic rings. The van der Waals surface area contributed by atoms with E-state index in [2.05, 4.69) is 5.32 Å². The smallest absolute Gasteiger partial charge is 0.230 e. The van der Waals surface area contributed by atoms with E-state index < -0.39 is 0 Å². The monoisotopic (exact) mass is 200 g/mol. The second kappa shape index (κ2) is 4.56. The van der Waals surface area contributed by atoms with E-state index in [1.165, 1.54) is 0 Å². The molecule has 0 bridgehead atoms. The SMILES string of the molecule is CCCC(C(=O)NC1CC1)C(N)=S. The summed E-state index contributed by atoms with van der Waals surface area (Å²) in [5.41, 5.74) is 5.49. The van der Waals surface area contributed by atoms with Gasteiger partial charge in [-0.25, -0.2) is 0 Å². The van der Waals surface area contributed by atoms with Crippen LogP contribution in [0.15, 0.2) is 0 Å². The highest BCUT2D eigenvalue weighted by atomic mass is 32.1. The van der Waals surface area contributed by atoms with Crippen molar-refractivity contribution >= 4 is 23.1 Å². The van der Waals surface area contributed by atoms with Crippen molar-refractivity contribution in [3.8, 4) is 0 Å². The Morgan fingerprint density at radius 3 is 2.69 bits per heavy atom. The van der Waals surface area contributed by atoms with Crippen LogP contribution in [0.4, 0.5) is 0 Å². The molecule has 0 heterocycles. The molecule has 1 amide bonds. The molecular weight excluding hydrogens is 184 g/mol. The van der Waals surface area contributed by atoms with E-state index in [4.69, 9.17) is 18.0 Å². The topological polar surface area (TPSA) is 55.1 Å². The molecule has 0 spiro atoms. The maximum Gasteiger partial charge on any atom is 0.230 e. The lowest BCUT2D eigenvalue weighted by Crippen LogP contribution is -2.38. The van der Waals surface area contributed by atoms with Gasteiger partial charge in [0, 0.05) is 6.04 Å². The molecule has 13 heavy (non-hydrogen) atoms. The molecule has 0 aromatic heterocycles. The third-order valence-electron chi connectivity index (χ3n) is 2.16. The number of rotatable bonds is 5. The Morgan fingerprint density at radius 2 is 2.31 bits per heavy atom. The minimum Gasteiger partial charge on any atom is -0.393 e. The number of nitrogens with one attached hydrogen (secondary N) is 1. The summed E-state index contributed by atoms with van der Waals surface area (Å²) in [6.07, 6.45) is 3.89. The zero-order valence-electron chi connectivity index (χ0n) is 7.88. The summed E-state index contributed by atoms with van der Waals surface area (Å²) < 4.78 is 0. The highest BCUT2D eigenvalue weighted by Crippen LogP contribution is 2.20. The van der Waals surface area contributed by atoms with Crippen LogP contribution in [-0.2, 0) is 4.79 Å². The van der Waals surface area contributed by atoms with Gasteiger partial charge >= 0.3 is 0 Å². The van der Waals surface area contributed by atoms with Crippen molar-refractivity contribution in [2.75, 3.05) is 0 Å². The number of carbonyl (C=O) groups excluding carboxylic acids is 1. The van der Waals surface area contributed by atoms with Gasteiger partial charge in [0.2, 0.25) is 5.91 Å². The van der Waals surface area contributed by atoms with Crippen molar-refractivity contribution < 1.29 is 4.79 Å². The Morgan fingerprint density at radius 1 is 1.69 bits per heavy atom. The van der Waals surface area contributed by atoms with Gasteiger partial charge in [-0.3, -0.25) is 4.79 Å². The number of amides is 1. The summed E-state index contributed by atoms with van der Waals surface area (Å²) in [5.74, 6) is -0.252. The van der Waals surface area contributed by atoms with E-state index in [1.807, 2.05) is 6.92 Å². The fourth-order valence-corrected chi connectivity index (χ4v) is 1.45. The maximum absolute atomic E-state index is 11.5. The first kappa shape index (κ1) is 10.4. The Balaban J connectivity index is 2.41. The second-order valence-corrected chi connectivity index (χ2v) is 4.00. The van der Waals surface area contributed by atoms with Crippen LogP contribution in [0.2, 0.25) is 0 Å². The molecule has 1 fully saturated rings. The highest BCUT2D eigenvalue weighted by molar-refractivity contribution is 7.80. The van der Waals surface area contributed by atoms with Crippen LogP contribution in [0.3, 0.4) is 0 Å². The molecular formula is C9H16N2OS. The molecule has 1 aliphatic carbocycles. The summed E-state index contributed by atoms with van der Waals surface area (Å²) in [6, 6.07) is 0.390. The first-order valence-electron chi connectivity index (χ1n) is 4.74. The van der Waals surface area contributed by atoms with Gasteiger partial charge in [0.05, 0.1) is 10.9 Å². The molecule has 0 aromatic carbocycles. The lowest BCUT2D eigenvalue weighted by Gasteiger charge is -2.13. The summed E-state index contributed by atoms with van der Waals surface area (Å²) in [4.78, 5) is 11.9. The average Bonchev–Trinajstić information content (AvgIpc) is 2.83.